The Morgan fingerprint density at radius 2 is 1.85 bits per heavy atom. The van der Waals surface area contributed by atoms with Crippen molar-refractivity contribution in [1.29, 1.82) is 0 Å². The van der Waals surface area contributed by atoms with Gasteiger partial charge < -0.3 is 10.1 Å². The molecule has 2 unspecified atom stereocenters. The Balaban J connectivity index is 1.69. The summed E-state index contributed by atoms with van der Waals surface area (Å²) >= 11 is 0. The van der Waals surface area contributed by atoms with Crippen molar-refractivity contribution in [3.63, 3.8) is 0 Å². The zero-order valence-electron chi connectivity index (χ0n) is 13.0. The van der Waals surface area contributed by atoms with E-state index < -0.39 is 0 Å². The molecule has 2 atom stereocenters. The summed E-state index contributed by atoms with van der Waals surface area (Å²) in [5.74, 6) is 1.79. The van der Waals surface area contributed by atoms with E-state index in [9.17, 15) is 0 Å². The van der Waals surface area contributed by atoms with Gasteiger partial charge in [-0.05, 0) is 61.1 Å². The second-order valence-corrected chi connectivity index (χ2v) is 7.36. The van der Waals surface area contributed by atoms with Crippen LogP contribution in [0.4, 0.5) is 0 Å². The molecular weight excluding hydrogens is 246 g/mol. The van der Waals surface area contributed by atoms with Gasteiger partial charge in [-0.3, -0.25) is 0 Å². The molecule has 2 aliphatic rings. The van der Waals surface area contributed by atoms with E-state index in [4.69, 9.17) is 4.74 Å². The fourth-order valence-corrected chi connectivity index (χ4v) is 3.58. The van der Waals surface area contributed by atoms with Gasteiger partial charge in [0.25, 0.3) is 0 Å². The van der Waals surface area contributed by atoms with Gasteiger partial charge in [0.05, 0.1) is 7.11 Å². The lowest BCUT2D eigenvalue weighted by Crippen LogP contribution is -2.32. The highest BCUT2D eigenvalue weighted by atomic mass is 16.5. The SMILES string of the molecule is COc1ccc(C(NC2CCC(C)(C)C2)C2CC2)cc1. The van der Waals surface area contributed by atoms with E-state index in [-0.39, 0.29) is 0 Å². The van der Waals surface area contributed by atoms with E-state index in [1.807, 2.05) is 0 Å². The van der Waals surface area contributed by atoms with Crippen LogP contribution in [0.5, 0.6) is 5.75 Å². The highest BCUT2D eigenvalue weighted by Crippen LogP contribution is 2.44. The molecule has 110 valence electrons. The predicted molar refractivity (Wildman–Crippen MR) is 83.0 cm³/mol. The molecule has 3 rings (SSSR count). The van der Waals surface area contributed by atoms with Gasteiger partial charge in [0.15, 0.2) is 0 Å². The first kappa shape index (κ1) is 13.9. The number of hydrogen-bond donors (Lipinski definition) is 1. The Morgan fingerprint density at radius 3 is 2.35 bits per heavy atom. The molecular formula is C18H27NO. The average Bonchev–Trinajstić information content (AvgIpc) is 3.21. The Bertz CT molecular complexity index is 447. The van der Waals surface area contributed by atoms with Crippen LogP contribution in [-0.4, -0.2) is 13.2 Å². The van der Waals surface area contributed by atoms with Crippen LogP contribution >= 0.6 is 0 Å². The second-order valence-electron chi connectivity index (χ2n) is 7.36. The van der Waals surface area contributed by atoms with E-state index in [1.165, 1.54) is 37.7 Å². The first-order valence-electron chi connectivity index (χ1n) is 7.97. The van der Waals surface area contributed by atoms with Gasteiger partial charge in [-0.2, -0.15) is 0 Å². The average molecular weight is 273 g/mol. The zero-order chi connectivity index (χ0) is 14.2. The third-order valence-electron chi connectivity index (χ3n) is 4.95. The summed E-state index contributed by atoms with van der Waals surface area (Å²) in [7, 11) is 1.73. The molecule has 2 saturated carbocycles. The van der Waals surface area contributed by atoms with E-state index in [2.05, 4.69) is 43.4 Å². The lowest BCUT2D eigenvalue weighted by molar-refractivity contribution is 0.344. The van der Waals surface area contributed by atoms with Crippen molar-refractivity contribution < 1.29 is 4.74 Å². The van der Waals surface area contributed by atoms with Gasteiger partial charge in [0, 0.05) is 12.1 Å². The van der Waals surface area contributed by atoms with Gasteiger partial charge in [-0.25, -0.2) is 0 Å². The van der Waals surface area contributed by atoms with Gasteiger partial charge in [0.2, 0.25) is 0 Å². The van der Waals surface area contributed by atoms with Crippen molar-refractivity contribution in [3.05, 3.63) is 29.8 Å². The summed E-state index contributed by atoms with van der Waals surface area (Å²) in [4.78, 5) is 0. The molecule has 0 heterocycles. The van der Waals surface area contributed by atoms with Crippen molar-refractivity contribution in [2.75, 3.05) is 7.11 Å². The molecule has 2 fully saturated rings. The Labute approximate surface area is 122 Å². The standard InChI is InChI=1S/C18H27NO/c1-18(2)11-10-15(12-18)19-17(13-4-5-13)14-6-8-16(20-3)9-7-14/h6-9,13,15,17,19H,4-5,10-12H2,1-3H3. The van der Waals surface area contributed by atoms with Crippen LogP contribution in [0.15, 0.2) is 24.3 Å². The normalized spacial score (nSPS) is 26.4. The van der Waals surface area contributed by atoms with Crippen LogP contribution < -0.4 is 10.1 Å². The number of rotatable bonds is 5. The van der Waals surface area contributed by atoms with Crippen molar-refractivity contribution in [2.45, 2.75) is 58.0 Å². The molecule has 0 radical (unpaired) electrons. The minimum Gasteiger partial charge on any atom is -0.497 e. The van der Waals surface area contributed by atoms with E-state index in [0.29, 0.717) is 17.5 Å². The smallest absolute Gasteiger partial charge is 0.118 e. The molecule has 0 aliphatic heterocycles. The van der Waals surface area contributed by atoms with Crippen molar-refractivity contribution in [3.8, 4) is 5.75 Å². The maximum Gasteiger partial charge on any atom is 0.118 e. The molecule has 0 spiro atoms. The minimum absolute atomic E-state index is 0.520. The van der Waals surface area contributed by atoms with Gasteiger partial charge >= 0.3 is 0 Å². The first-order valence-corrected chi connectivity index (χ1v) is 7.97. The summed E-state index contributed by atoms with van der Waals surface area (Å²) < 4.78 is 5.27. The highest BCUT2D eigenvalue weighted by Gasteiger charge is 2.37. The fourth-order valence-electron chi connectivity index (χ4n) is 3.58. The molecule has 1 aromatic rings. The van der Waals surface area contributed by atoms with Crippen LogP contribution in [-0.2, 0) is 0 Å². The fraction of sp³-hybridized carbons (Fsp3) is 0.667. The summed E-state index contributed by atoms with van der Waals surface area (Å²) in [6.45, 7) is 4.79. The second kappa shape index (κ2) is 5.40. The summed E-state index contributed by atoms with van der Waals surface area (Å²) in [6, 6.07) is 9.87. The Morgan fingerprint density at radius 1 is 1.15 bits per heavy atom. The van der Waals surface area contributed by atoms with Crippen LogP contribution in [0.1, 0.15) is 57.6 Å². The molecule has 1 N–H and O–H groups in total. The van der Waals surface area contributed by atoms with E-state index >= 15 is 0 Å². The third-order valence-corrected chi connectivity index (χ3v) is 4.95. The molecule has 2 nitrogen and oxygen atoms in total. The molecule has 0 bridgehead atoms. The summed E-state index contributed by atoms with van der Waals surface area (Å²) in [5, 5.41) is 3.95. The van der Waals surface area contributed by atoms with Crippen LogP contribution in [0, 0.1) is 11.3 Å². The lowest BCUT2D eigenvalue weighted by Gasteiger charge is -2.25. The van der Waals surface area contributed by atoms with Crippen LogP contribution in [0.2, 0.25) is 0 Å². The largest absolute Gasteiger partial charge is 0.497 e. The number of nitrogens with one attached hydrogen (secondary N) is 1. The first-order chi connectivity index (χ1) is 9.57. The van der Waals surface area contributed by atoms with Crippen molar-refractivity contribution in [1.82, 2.24) is 5.32 Å². The third kappa shape index (κ3) is 3.17. The molecule has 2 aliphatic carbocycles. The lowest BCUT2D eigenvalue weighted by atomic mass is 9.91. The van der Waals surface area contributed by atoms with Crippen LogP contribution in [0.25, 0.3) is 0 Å². The molecule has 0 saturated heterocycles. The van der Waals surface area contributed by atoms with Crippen LogP contribution in [0.3, 0.4) is 0 Å². The van der Waals surface area contributed by atoms with Crippen molar-refractivity contribution >= 4 is 0 Å². The number of methoxy groups -OCH3 is 1. The number of benzene rings is 1. The Kier molecular flexibility index (Phi) is 3.76. The number of ether oxygens (including phenoxy) is 1. The maximum absolute atomic E-state index is 5.27. The molecule has 1 aromatic carbocycles. The number of hydrogen-bond acceptors (Lipinski definition) is 2. The van der Waals surface area contributed by atoms with Gasteiger partial charge in [-0.1, -0.05) is 26.0 Å². The zero-order valence-corrected chi connectivity index (χ0v) is 13.0. The van der Waals surface area contributed by atoms with Gasteiger partial charge in [-0.15, -0.1) is 0 Å². The molecule has 0 aromatic heterocycles. The minimum atomic E-state index is 0.520. The summed E-state index contributed by atoms with van der Waals surface area (Å²) in [5.41, 5.74) is 1.95. The quantitative estimate of drug-likeness (QED) is 0.863. The highest BCUT2D eigenvalue weighted by molar-refractivity contribution is 5.30. The molecule has 2 heteroatoms. The summed E-state index contributed by atoms with van der Waals surface area (Å²) in [6.07, 6.45) is 6.74. The predicted octanol–water partition coefficient (Wildman–Crippen LogP) is 4.31. The van der Waals surface area contributed by atoms with Crippen molar-refractivity contribution in [2.24, 2.45) is 11.3 Å². The maximum atomic E-state index is 5.27. The monoisotopic (exact) mass is 273 g/mol. The van der Waals surface area contributed by atoms with Gasteiger partial charge in [0.1, 0.15) is 5.75 Å². The van der Waals surface area contributed by atoms with E-state index in [0.717, 1.165) is 11.7 Å². The molecule has 0 amide bonds. The Hall–Kier alpha value is -1.02. The van der Waals surface area contributed by atoms with E-state index in [1.54, 1.807) is 7.11 Å². The molecule has 20 heavy (non-hydrogen) atoms. The topological polar surface area (TPSA) is 21.3 Å².